The summed E-state index contributed by atoms with van der Waals surface area (Å²) in [5.74, 6) is -0.205. The lowest BCUT2D eigenvalue weighted by Crippen LogP contribution is -2.47. The topological polar surface area (TPSA) is 93.5 Å². The number of hydrogen-bond acceptors (Lipinski definition) is 5. The third kappa shape index (κ3) is 4.38. The fraction of sp³-hybridized carbons (Fsp3) is 0.462. The first kappa shape index (κ1) is 17.4. The fourth-order valence-corrected chi connectivity index (χ4v) is 2.09. The maximum Gasteiger partial charge on any atom is 0.272 e. The number of hydrogen-bond donors (Lipinski definition) is 2. The highest BCUT2D eigenvalue weighted by molar-refractivity contribution is 5.85. The van der Waals surface area contributed by atoms with Gasteiger partial charge in [-0.25, -0.2) is 0 Å². The second-order valence-corrected chi connectivity index (χ2v) is 4.60. The van der Waals surface area contributed by atoms with Crippen LogP contribution in [0.2, 0.25) is 0 Å². The molecule has 0 spiro atoms. The number of nitro benzene ring substituents is 1. The van der Waals surface area contributed by atoms with Gasteiger partial charge >= 0.3 is 0 Å². The van der Waals surface area contributed by atoms with Crippen LogP contribution < -0.4 is 10.6 Å². The van der Waals surface area contributed by atoms with Crippen LogP contribution in [0.15, 0.2) is 18.2 Å². The van der Waals surface area contributed by atoms with Crippen LogP contribution in [-0.4, -0.2) is 36.6 Å². The molecule has 2 N–H and O–H groups in total. The molecule has 8 heteroatoms. The zero-order chi connectivity index (χ0) is 14.5. The highest BCUT2D eigenvalue weighted by Crippen LogP contribution is 2.20. The molecule has 7 nitrogen and oxygen atoms in total. The van der Waals surface area contributed by atoms with E-state index in [4.69, 9.17) is 4.74 Å². The minimum absolute atomic E-state index is 0. The summed E-state index contributed by atoms with van der Waals surface area (Å²) in [6, 6.07) is 4.84. The lowest BCUT2D eigenvalue weighted by atomic mass is 10.1. The van der Waals surface area contributed by atoms with E-state index in [9.17, 15) is 14.9 Å². The predicted molar refractivity (Wildman–Crippen MR) is 79.5 cm³/mol. The number of carbonyl (C=O) groups is 1. The minimum atomic E-state index is -0.497. The molecule has 1 aromatic carbocycles. The summed E-state index contributed by atoms with van der Waals surface area (Å²) in [4.78, 5) is 22.3. The molecule has 116 valence electrons. The van der Waals surface area contributed by atoms with Crippen molar-refractivity contribution in [2.75, 3.05) is 19.7 Å². The van der Waals surface area contributed by atoms with Gasteiger partial charge in [0.2, 0.25) is 0 Å². The van der Waals surface area contributed by atoms with Crippen LogP contribution in [0, 0.1) is 17.0 Å². The monoisotopic (exact) mass is 315 g/mol. The van der Waals surface area contributed by atoms with E-state index in [1.165, 1.54) is 6.07 Å². The Kier molecular flexibility index (Phi) is 6.54. The summed E-state index contributed by atoms with van der Waals surface area (Å²) >= 11 is 0. The molecule has 1 aliphatic heterocycles. The van der Waals surface area contributed by atoms with Crippen molar-refractivity contribution in [1.29, 1.82) is 0 Å². The van der Waals surface area contributed by atoms with Crippen molar-refractivity contribution in [3.8, 4) is 0 Å². The van der Waals surface area contributed by atoms with Gasteiger partial charge in [0.15, 0.2) is 0 Å². The predicted octanol–water partition coefficient (Wildman–Crippen LogP) is 0.930. The van der Waals surface area contributed by atoms with Crippen LogP contribution in [0.3, 0.4) is 0 Å². The lowest BCUT2D eigenvalue weighted by molar-refractivity contribution is -0.385. The van der Waals surface area contributed by atoms with Gasteiger partial charge in [0.25, 0.3) is 11.6 Å². The molecule has 0 bridgehead atoms. The first-order valence-corrected chi connectivity index (χ1v) is 6.42. The maximum atomic E-state index is 11.9. The first-order chi connectivity index (χ1) is 9.59. The molecule has 0 saturated carbocycles. The second-order valence-electron chi connectivity index (χ2n) is 4.60. The van der Waals surface area contributed by atoms with E-state index in [1.54, 1.807) is 19.1 Å². The van der Waals surface area contributed by atoms with Gasteiger partial charge in [0.05, 0.1) is 11.5 Å². The zero-order valence-corrected chi connectivity index (χ0v) is 12.4. The number of ether oxygens (including phenoxy) is 1. The van der Waals surface area contributed by atoms with E-state index in [0.717, 1.165) is 12.1 Å². The third-order valence-corrected chi connectivity index (χ3v) is 3.29. The molecular weight excluding hydrogens is 298 g/mol. The molecule has 0 aromatic heterocycles. The van der Waals surface area contributed by atoms with Crippen LogP contribution in [0.25, 0.3) is 0 Å². The van der Waals surface area contributed by atoms with Crippen LogP contribution in [0.4, 0.5) is 5.69 Å². The number of nitrogens with one attached hydrogen (secondary N) is 2. The molecular formula is C13H18ClN3O4. The van der Waals surface area contributed by atoms with Gasteiger partial charge < -0.3 is 15.4 Å². The van der Waals surface area contributed by atoms with Crippen molar-refractivity contribution >= 4 is 24.0 Å². The Bertz CT molecular complexity index is 518. The van der Waals surface area contributed by atoms with E-state index < -0.39 is 11.0 Å². The SMILES string of the molecule is Cc1c(CNC(=O)C2CNCCO2)cccc1[N+](=O)[O-].Cl. The number of benzene rings is 1. The lowest BCUT2D eigenvalue weighted by Gasteiger charge is -2.22. The normalized spacial score (nSPS) is 17.7. The molecule has 2 rings (SSSR count). The number of amides is 1. The zero-order valence-electron chi connectivity index (χ0n) is 11.6. The summed E-state index contributed by atoms with van der Waals surface area (Å²) in [5, 5.41) is 16.7. The van der Waals surface area contributed by atoms with Crippen molar-refractivity contribution in [2.24, 2.45) is 0 Å². The Morgan fingerprint density at radius 1 is 1.57 bits per heavy atom. The molecule has 1 fully saturated rings. The van der Waals surface area contributed by atoms with Gasteiger partial charge in [-0.05, 0) is 12.5 Å². The Morgan fingerprint density at radius 3 is 2.95 bits per heavy atom. The van der Waals surface area contributed by atoms with Crippen molar-refractivity contribution in [2.45, 2.75) is 19.6 Å². The van der Waals surface area contributed by atoms with E-state index in [0.29, 0.717) is 18.7 Å². The van der Waals surface area contributed by atoms with Gasteiger partial charge in [-0.1, -0.05) is 12.1 Å². The van der Waals surface area contributed by atoms with E-state index in [1.807, 2.05) is 0 Å². The number of morpholine rings is 1. The van der Waals surface area contributed by atoms with Crippen LogP contribution in [0.5, 0.6) is 0 Å². The molecule has 1 unspecified atom stereocenters. The average molecular weight is 316 g/mol. The summed E-state index contributed by atoms with van der Waals surface area (Å²) < 4.78 is 5.34. The quantitative estimate of drug-likeness (QED) is 0.637. The number of carbonyl (C=O) groups excluding carboxylic acids is 1. The molecule has 21 heavy (non-hydrogen) atoms. The molecule has 0 radical (unpaired) electrons. The smallest absolute Gasteiger partial charge is 0.272 e. The van der Waals surface area contributed by atoms with Gasteiger partial charge in [0, 0.05) is 31.3 Å². The second kappa shape index (κ2) is 7.92. The van der Waals surface area contributed by atoms with E-state index >= 15 is 0 Å². The molecule has 1 saturated heterocycles. The van der Waals surface area contributed by atoms with E-state index in [2.05, 4.69) is 10.6 Å². The molecule has 1 amide bonds. The molecule has 1 atom stereocenters. The largest absolute Gasteiger partial charge is 0.366 e. The van der Waals surface area contributed by atoms with Crippen molar-refractivity contribution in [3.05, 3.63) is 39.4 Å². The van der Waals surface area contributed by atoms with Crippen LogP contribution in [-0.2, 0) is 16.1 Å². The third-order valence-electron chi connectivity index (χ3n) is 3.29. The highest BCUT2D eigenvalue weighted by Gasteiger charge is 2.22. The number of nitrogens with zero attached hydrogens (tertiary/aromatic N) is 1. The van der Waals surface area contributed by atoms with Crippen molar-refractivity contribution in [3.63, 3.8) is 0 Å². The maximum absolute atomic E-state index is 11.9. The van der Waals surface area contributed by atoms with Crippen molar-refractivity contribution in [1.82, 2.24) is 10.6 Å². The number of nitro groups is 1. The molecule has 1 heterocycles. The Labute approximate surface area is 128 Å². The summed E-state index contributed by atoms with van der Waals surface area (Å²) in [5.41, 5.74) is 1.36. The summed E-state index contributed by atoms with van der Waals surface area (Å²) in [6.45, 7) is 3.67. The fourth-order valence-electron chi connectivity index (χ4n) is 2.09. The average Bonchev–Trinajstić information content (AvgIpc) is 2.46. The number of rotatable bonds is 4. The van der Waals surface area contributed by atoms with Gasteiger partial charge in [-0.3, -0.25) is 14.9 Å². The van der Waals surface area contributed by atoms with Crippen LogP contribution in [0.1, 0.15) is 11.1 Å². The minimum Gasteiger partial charge on any atom is -0.366 e. The van der Waals surface area contributed by atoms with Crippen molar-refractivity contribution < 1.29 is 14.5 Å². The standard InChI is InChI=1S/C13H17N3O4.ClH/c1-9-10(3-2-4-11(9)16(18)19)7-15-13(17)12-8-14-5-6-20-12;/h2-4,12,14H,5-8H2,1H3,(H,15,17);1H. The highest BCUT2D eigenvalue weighted by atomic mass is 35.5. The van der Waals surface area contributed by atoms with Gasteiger partial charge in [0.1, 0.15) is 6.10 Å². The Morgan fingerprint density at radius 2 is 2.33 bits per heavy atom. The molecule has 1 aliphatic rings. The Hall–Kier alpha value is -1.70. The van der Waals surface area contributed by atoms with Gasteiger partial charge in [-0.15, -0.1) is 12.4 Å². The summed E-state index contributed by atoms with van der Waals surface area (Å²) in [6.07, 6.45) is -0.497. The van der Waals surface area contributed by atoms with Gasteiger partial charge in [-0.2, -0.15) is 0 Å². The summed E-state index contributed by atoms with van der Waals surface area (Å²) in [7, 11) is 0. The molecule has 0 aliphatic carbocycles. The number of halogens is 1. The van der Waals surface area contributed by atoms with E-state index in [-0.39, 0.29) is 30.5 Å². The van der Waals surface area contributed by atoms with Crippen LogP contribution >= 0.6 is 12.4 Å². The Balaban J connectivity index is 0.00000220. The molecule has 1 aromatic rings. The first-order valence-electron chi connectivity index (χ1n) is 6.42.